The molecule has 1 rings (SSSR count). The van der Waals surface area contributed by atoms with Gasteiger partial charge in [-0.3, -0.25) is 4.79 Å². The van der Waals surface area contributed by atoms with Gasteiger partial charge in [-0.05, 0) is 12.5 Å². The molecule has 1 aromatic rings. The second-order valence-corrected chi connectivity index (χ2v) is 4.77. The lowest BCUT2D eigenvalue weighted by Crippen LogP contribution is -2.37. The number of likely N-dealkylation sites (N-methyl/N-ethyl adjacent to an activating group) is 1. The van der Waals surface area contributed by atoms with Gasteiger partial charge in [0.25, 0.3) is 0 Å². The molecule has 0 aliphatic heterocycles. The maximum Gasteiger partial charge on any atom is 0.236 e. The minimum atomic E-state index is 0.125. The van der Waals surface area contributed by atoms with Crippen LogP contribution in [0.15, 0.2) is 24.3 Å². The SMILES string of the molecule is Cc1cccc(CN(C)C(=O)CNC(C)C)c1. The van der Waals surface area contributed by atoms with Crippen LogP contribution in [0.1, 0.15) is 25.0 Å². The number of hydrogen-bond acceptors (Lipinski definition) is 2. The molecule has 17 heavy (non-hydrogen) atoms. The number of aryl methyl sites for hydroxylation is 1. The van der Waals surface area contributed by atoms with Gasteiger partial charge in [-0.15, -0.1) is 0 Å². The van der Waals surface area contributed by atoms with Crippen molar-refractivity contribution in [1.29, 1.82) is 0 Å². The van der Waals surface area contributed by atoms with Crippen molar-refractivity contribution in [3.05, 3.63) is 35.4 Å². The Morgan fingerprint density at radius 1 is 1.41 bits per heavy atom. The third kappa shape index (κ3) is 5.00. The zero-order chi connectivity index (χ0) is 12.8. The van der Waals surface area contributed by atoms with E-state index in [9.17, 15) is 4.79 Å². The molecule has 1 amide bonds. The highest BCUT2D eigenvalue weighted by Crippen LogP contribution is 2.06. The molecule has 0 saturated carbocycles. The first-order chi connectivity index (χ1) is 7.99. The first-order valence-electron chi connectivity index (χ1n) is 6.02. The topological polar surface area (TPSA) is 32.3 Å². The number of rotatable bonds is 5. The maximum absolute atomic E-state index is 11.8. The summed E-state index contributed by atoms with van der Waals surface area (Å²) in [6, 6.07) is 8.58. The highest BCUT2D eigenvalue weighted by atomic mass is 16.2. The Labute approximate surface area is 104 Å². The van der Waals surface area contributed by atoms with Crippen LogP contribution in [0.3, 0.4) is 0 Å². The Balaban J connectivity index is 2.48. The zero-order valence-electron chi connectivity index (χ0n) is 11.2. The van der Waals surface area contributed by atoms with Crippen LogP contribution in [0.5, 0.6) is 0 Å². The summed E-state index contributed by atoms with van der Waals surface area (Å²) in [6.07, 6.45) is 0. The fourth-order valence-electron chi connectivity index (χ4n) is 1.60. The molecule has 3 nitrogen and oxygen atoms in total. The van der Waals surface area contributed by atoms with E-state index in [1.807, 2.05) is 33.0 Å². The number of nitrogens with zero attached hydrogens (tertiary/aromatic N) is 1. The average Bonchev–Trinajstić information content (AvgIpc) is 2.25. The van der Waals surface area contributed by atoms with Crippen LogP contribution in [0.25, 0.3) is 0 Å². The van der Waals surface area contributed by atoms with Crippen molar-refractivity contribution >= 4 is 5.91 Å². The van der Waals surface area contributed by atoms with Gasteiger partial charge >= 0.3 is 0 Å². The van der Waals surface area contributed by atoms with Crippen LogP contribution in [0.2, 0.25) is 0 Å². The molecular formula is C14H22N2O. The lowest BCUT2D eigenvalue weighted by Gasteiger charge is -2.18. The average molecular weight is 234 g/mol. The summed E-state index contributed by atoms with van der Waals surface area (Å²) in [6.45, 7) is 7.20. The van der Waals surface area contributed by atoms with E-state index in [4.69, 9.17) is 0 Å². The normalized spacial score (nSPS) is 10.6. The number of amides is 1. The molecular weight excluding hydrogens is 212 g/mol. The summed E-state index contributed by atoms with van der Waals surface area (Å²) in [7, 11) is 1.84. The van der Waals surface area contributed by atoms with Crippen molar-refractivity contribution in [2.45, 2.75) is 33.4 Å². The Bertz CT molecular complexity index is 374. The molecule has 0 atom stereocenters. The van der Waals surface area contributed by atoms with E-state index in [0.717, 1.165) is 0 Å². The van der Waals surface area contributed by atoms with Gasteiger partial charge in [-0.2, -0.15) is 0 Å². The first-order valence-corrected chi connectivity index (χ1v) is 6.02. The Kier molecular flexibility index (Phi) is 5.16. The van der Waals surface area contributed by atoms with E-state index >= 15 is 0 Å². The largest absolute Gasteiger partial charge is 0.340 e. The third-order valence-corrected chi connectivity index (χ3v) is 2.59. The molecule has 0 spiro atoms. The summed E-state index contributed by atoms with van der Waals surface area (Å²) < 4.78 is 0. The molecule has 0 saturated heterocycles. The van der Waals surface area contributed by atoms with Crippen molar-refractivity contribution in [2.75, 3.05) is 13.6 Å². The van der Waals surface area contributed by atoms with Gasteiger partial charge in [0, 0.05) is 19.6 Å². The van der Waals surface area contributed by atoms with Gasteiger partial charge in [0.15, 0.2) is 0 Å². The fraction of sp³-hybridized carbons (Fsp3) is 0.500. The molecule has 0 bridgehead atoms. The number of nitrogens with one attached hydrogen (secondary N) is 1. The van der Waals surface area contributed by atoms with Crippen molar-refractivity contribution < 1.29 is 4.79 Å². The monoisotopic (exact) mass is 234 g/mol. The van der Waals surface area contributed by atoms with Crippen molar-refractivity contribution in [1.82, 2.24) is 10.2 Å². The Hall–Kier alpha value is -1.35. The highest BCUT2D eigenvalue weighted by molar-refractivity contribution is 5.78. The van der Waals surface area contributed by atoms with Crippen LogP contribution < -0.4 is 5.32 Å². The third-order valence-electron chi connectivity index (χ3n) is 2.59. The van der Waals surface area contributed by atoms with Crippen molar-refractivity contribution in [3.63, 3.8) is 0 Å². The van der Waals surface area contributed by atoms with Crippen LogP contribution in [0, 0.1) is 6.92 Å². The quantitative estimate of drug-likeness (QED) is 0.844. The lowest BCUT2D eigenvalue weighted by molar-refractivity contribution is -0.129. The van der Waals surface area contributed by atoms with E-state index in [-0.39, 0.29) is 5.91 Å². The van der Waals surface area contributed by atoms with Crippen LogP contribution >= 0.6 is 0 Å². The number of carbonyl (C=O) groups is 1. The fourth-order valence-corrected chi connectivity index (χ4v) is 1.60. The van der Waals surface area contributed by atoms with Crippen molar-refractivity contribution in [3.8, 4) is 0 Å². The Morgan fingerprint density at radius 3 is 2.71 bits per heavy atom. The van der Waals surface area contributed by atoms with Gasteiger partial charge in [0.05, 0.1) is 6.54 Å². The molecule has 0 radical (unpaired) electrons. The number of carbonyl (C=O) groups excluding carboxylic acids is 1. The lowest BCUT2D eigenvalue weighted by atomic mass is 10.1. The van der Waals surface area contributed by atoms with E-state index in [1.165, 1.54) is 11.1 Å². The minimum Gasteiger partial charge on any atom is -0.340 e. The van der Waals surface area contributed by atoms with E-state index in [2.05, 4.69) is 24.4 Å². The molecule has 0 heterocycles. The molecule has 1 N–H and O–H groups in total. The van der Waals surface area contributed by atoms with Crippen LogP contribution in [0.4, 0.5) is 0 Å². The van der Waals surface area contributed by atoms with Crippen molar-refractivity contribution in [2.24, 2.45) is 0 Å². The van der Waals surface area contributed by atoms with Gasteiger partial charge < -0.3 is 10.2 Å². The predicted octanol–water partition coefficient (Wildman–Crippen LogP) is 1.95. The summed E-state index contributed by atoms with van der Waals surface area (Å²) in [5.41, 5.74) is 2.40. The smallest absolute Gasteiger partial charge is 0.236 e. The maximum atomic E-state index is 11.8. The second-order valence-electron chi connectivity index (χ2n) is 4.77. The summed E-state index contributed by atoms with van der Waals surface area (Å²) in [4.78, 5) is 13.6. The van der Waals surface area contributed by atoms with E-state index < -0.39 is 0 Å². The molecule has 1 aromatic carbocycles. The van der Waals surface area contributed by atoms with Gasteiger partial charge in [0.1, 0.15) is 0 Å². The molecule has 0 aromatic heterocycles. The molecule has 94 valence electrons. The van der Waals surface area contributed by atoms with Crippen LogP contribution in [-0.4, -0.2) is 30.4 Å². The molecule has 3 heteroatoms. The second kappa shape index (κ2) is 6.40. The number of benzene rings is 1. The molecule has 0 aliphatic carbocycles. The Morgan fingerprint density at radius 2 is 2.12 bits per heavy atom. The highest BCUT2D eigenvalue weighted by Gasteiger charge is 2.09. The molecule has 0 aliphatic rings. The first kappa shape index (κ1) is 13.7. The van der Waals surface area contributed by atoms with Crippen LogP contribution in [-0.2, 0) is 11.3 Å². The summed E-state index contributed by atoms with van der Waals surface area (Å²) in [5.74, 6) is 0.125. The predicted molar refractivity (Wildman–Crippen MR) is 70.8 cm³/mol. The molecule has 0 unspecified atom stereocenters. The minimum absolute atomic E-state index is 0.125. The summed E-state index contributed by atoms with van der Waals surface area (Å²) >= 11 is 0. The summed E-state index contributed by atoms with van der Waals surface area (Å²) in [5, 5.41) is 3.13. The van der Waals surface area contributed by atoms with Gasteiger partial charge in [-0.1, -0.05) is 43.7 Å². The number of hydrogen-bond donors (Lipinski definition) is 1. The standard InChI is InChI=1S/C14H22N2O/c1-11(2)15-9-14(17)16(4)10-13-7-5-6-12(3)8-13/h5-8,11,15H,9-10H2,1-4H3. The zero-order valence-corrected chi connectivity index (χ0v) is 11.2. The van der Waals surface area contributed by atoms with Gasteiger partial charge in [0.2, 0.25) is 5.91 Å². The molecule has 0 fully saturated rings. The van der Waals surface area contributed by atoms with E-state index in [0.29, 0.717) is 19.1 Å². The van der Waals surface area contributed by atoms with Gasteiger partial charge in [-0.25, -0.2) is 0 Å². The van der Waals surface area contributed by atoms with E-state index in [1.54, 1.807) is 4.90 Å².